The fourth-order valence-corrected chi connectivity index (χ4v) is 2.63. The first-order valence-corrected chi connectivity index (χ1v) is 7.90. The third-order valence-electron chi connectivity index (χ3n) is 4.00. The summed E-state index contributed by atoms with van der Waals surface area (Å²) in [6.45, 7) is 0.877. The molecule has 1 amide bonds. The summed E-state index contributed by atoms with van der Waals surface area (Å²) in [5, 5.41) is 3.12. The van der Waals surface area contributed by atoms with Gasteiger partial charge in [-0.05, 0) is 37.0 Å². The molecule has 1 aromatic heterocycles. The number of benzene rings is 1. The van der Waals surface area contributed by atoms with Crippen LogP contribution in [0.4, 0.5) is 0 Å². The van der Waals surface area contributed by atoms with Gasteiger partial charge in [0.05, 0.1) is 6.04 Å². The average Bonchev–Trinajstić information content (AvgIpc) is 3.32. The molecule has 1 fully saturated rings. The normalized spacial score (nSPS) is 15.2. The molecule has 1 aliphatic carbocycles. The molecule has 6 heteroatoms. The van der Waals surface area contributed by atoms with Crippen LogP contribution in [0.25, 0.3) is 0 Å². The summed E-state index contributed by atoms with van der Waals surface area (Å²) >= 11 is 0. The highest BCUT2D eigenvalue weighted by Gasteiger charge is 2.35. The van der Waals surface area contributed by atoms with Crippen molar-refractivity contribution in [1.29, 1.82) is 0 Å². The Balaban J connectivity index is 1.73. The van der Waals surface area contributed by atoms with Crippen molar-refractivity contribution in [3.8, 4) is 5.75 Å². The van der Waals surface area contributed by atoms with Crippen LogP contribution in [0.1, 0.15) is 35.1 Å². The molecule has 3 N–H and O–H groups in total. The highest BCUT2D eigenvalue weighted by atomic mass is 16.5. The number of imidazole rings is 1. The summed E-state index contributed by atoms with van der Waals surface area (Å²) in [5.74, 6) is 1.92. The molecule has 0 unspecified atom stereocenters. The second kappa shape index (κ2) is 6.83. The van der Waals surface area contributed by atoms with Crippen LogP contribution in [0.5, 0.6) is 5.75 Å². The van der Waals surface area contributed by atoms with E-state index in [1.54, 1.807) is 18.3 Å². The number of nitrogens with one attached hydrogen (secondary N) is 1. The van der Waals surface area contributed by atoms with Crippen LogP contribution in [0.3, 0.4) is 0 Å². The molecule has 0 spiro atoms. The monoisotopic (exact) mass is 314 g/mol. The van der Waals surface area contributed by atoms with Crippen LogP contribution >= 0.6 is 0 Å². The van der Waals surface area contributed by atoms with E-state index in [0.29, 0.717) is 30.4 Å². The van der Waals surface area contributed by atoms with E-state index in [4.69, 9.17) is 10.5 Å². The maximum atomic E-state index is 12.6. The summed E-state index contributed by atoms with van der Waals surface area (Å²) in [4.78, 5) is 17.0. The van der Waals surface area contributed by atoms with E-state index >= 15 is 0 Å². The van der Waals surface area contributed by atoms with Crippen molar-refractivity contribution in [3.63, 3.8) is 0 Å². The minimum absolute atomic E-state index is 0.0453. The van der Waals surface area contributed by atoms with Crippen LogP contribution in [0, 0.1) is 5.92 Å². The summed E-state index contributed by atoms with van der Waals surface area (Å²) in [7, 11) is 1.95. The number of nitrogens with zero attached hydrogens (tertiary/aromatic N) is 2. The number of aryl methyl sites for hydroxylation is 1. The lowest BCUT2D eigenvalue weighted by Crippen LogP contribution is -2.31. The van der Waals surface area contributed by atoms with Gasteiger partial charge in [-0.15, -0.1) is 0 Å². The first kappa shape index (κ1) is 15.6. The van der Waals surface area contributed by atoms with Gasteiger partial charge in [0.1, 0.15) is 18.2 Å². The van der Waals surface area contributed by atoms with Crippen LogP contribution in [-0.2, 0) is 7.05 Å². The molecule has 1 saturated carbocycles. The summed E-state index contributed by atoms with van der Waals surface area (Å²) in [6.07, 6.45) is 5.91. The molecule has 1 atom stereocenters. The van der Waals surface area contributed by atoms with Gasteiger partial charge < -0.3 is 20.4 Å². The van der Waals surface area contributed by atoms with Crippen molar-refractivity contribution in [2.45, 2.75) is 18.9 Å². The lowest BCUT2D eigenvalue weighted by Gasteiger charge is -2.18. The molecule has 1 heterocycles. The standard InChI is InChI=1S/C17H22N4O2/c1-21-9-8-19-16(21)15(12-5-6-12)20-17(22)13-3-2-4-14(11-13)23-10-7-18/h2-4,8-9,11-12,15H,5-7,10,18H2,1H3,(H,20,22)/t15-/m0/s1. The van der Waals surface area contributed by atoms with Gasteiger partial charge in [-0.1, -0.05) is 6.07 Å². The molecule has 6 nitrogen and oxygen atoms in total. The number of amides is 1. The largest absolute Gasteiger partial charge is 0.492 e. The van der Waals surface area contributed by atoms with Crippen molar-refractivity contribution >= 4 is 5.91 Å². The highest BCUT2D eigenvalue weighted by molar-refractivity contribution is 5.94. The van der Waals surface area contributed by atoms with Crippen molar-refractivity contribution in [1.82, 2.24) is 14.9 Å². The molecule has 2 aromatic rings. The molecule has 0 bridgehead atoms. The van der Waals surface area contributed by atoms with Crippen LogP contribution < -0.4 is 15.8 Å². The third kappa shape index (κ3) is 3.71. The van der Waals surface area contributed by atoms with E-state index in [9.17, 15) is 4.79 Å². The second-order valence-corrected chi connectivity index (χ2v) is 5.85. The Morgan fingerprint density at radius 3 is 3.00 bits per heavy atom. The zero-order chi connectivity index (χ0) is 16.2. The molecule has 3 rings (SSSR count). The van der Waals surface area contributed by atoms with Gasteiger partial charge in [0.15, 0.2) is 0 Å². The number of ether oxygens (including phenoxy) is 1. The molecule has 0 aliphatic heterocycles. The average molecular weight is 314 g/mol. The number of aromatic nitrogens is 2. The third-order valence-corrected chi connectivity index (χ3v) is 4.00. The van der Waals surface area contributed by atoms with Gasteiger partial charge in [0.25, 0.3) is 5.91 Å². The van der Waals surface area contributed by atoms with Gasteiger partial charge >= 0.3 is 0 Å². The maximum Gasteiger partial charge on any atom is 0.252 e. The summed E-state index contributed by atoms with van der Waals surface area (Å²) in [6, 6.07) is 7.12. The summed E-state index contributed by atoms with van der Waals surface area (Å²) < 4.78 is 7.44. The number of nitrogens with two attached hydrogens (primary N) is 1. The number of carbonyl (C=O) groups excluding carboxylic acids is 1. The van der Waals surface area contributed by atoms with E-state index in [2.05, 4.69) is 10.3 Å². The first-order chi connectivity index (χ1) is 11.2. The van der Waals surface area contributed by atoms with E-state index in [1.165, 1.54) is 0 Å². The zero-order valence-electron chi connectivity index (χ0n) is 13.2. The predicted molar refractivity (Wildman–Crippen MR) is 87.1 cm³/mol. The molecular weight excluding hydrogens is 292 g/mol. The predicted octanol–water partition coefficient (Wildman–Crippen LogP) is 1.64. The van der Waals surface area contributed by atoms with Crippen molar-refractivity contribution < 1.29 is 9.53 Å². The van der Waals surface area contributed by atoms with Gasteiger partial charge in [-0.3, -0.25) is 4.79 Å². The van der Waals surface area contributed by atoms with Crippen molar-refractivity contribution in [2.75, 3.05) is 13.2 Å². The fraction of sp³-hybridized carbons (Fsp3) is 0.412. The molecule has 1 aromatic carbocycles. The minimum Gasteiger partial charge on any atom is -0.492 e. The van der Waals surface area contributed by atoms with E-state index in [1.807, 2.05) is 29.9 Å². The lowest BCUT2D eigenvalue weighted by atomic mass is 10.1. The Morgan fingerprint density at radius 1 is 1.52 bits per heavy atom. The highest BCUT2D eigenvalue weighted by Crippen LogP contribution is 2.40. The van der Waals surface area contributed by atoms with Crippen LogP contribution in [-0.4, -0.2) is 28.6 Å². The number of carbonyl (C=O) groups is 1. The summed E-state index contributed by atoms with van der Waals surface area (Å²) in [5.41, 5.74) is 6.02. The topological polar surface area (TPSA) is 82.2 Å². The van der Waals surface area contributed by atoms with Gasteiger partial charge in [0, 0.05) is 31.5 Å². The molecular formula is C17H22N4O2. The van der Waals surface area contributed by atoms with Gasteiger partial charge in [-0.2, -0.15) is 0 Å². The number of hydrogen-bond donors (Lipinski definition) is 2. The molecule has 0 saturated heterocycles. The molecule has 122 valence electrons. The Hall–Kier alpha value is -2.34. The SMILES string of the molecule is Cn1ccnc1[C@@H](NC(=O)c1cccc(OCCN)c1)C1CC1. The van der Waals surface area contributed by atoms with Gasteiger partial charge in [-0.25, -0.2) is 4.98 Å². The minimum atomic E-state index is -0.108. The van der Waals surface area contributed by atoms with Crippen molar-refractivity contribution in [3.05, 3.63) is 48.0 Å². The van der Waals surface area contributed by atoms with E-state index < -0.39 is 0 Å². The number of rotatable bonds is 7. The smallest absolute Gasteiger partial charge is 0.252 e. The first-order valence-electron chi connectivity index (χ1n) is 7.90. The second-order valence-electron chi connectivity index (χ2n) is 5.85. The van der Waals surface area contributed by atoms with Crippen molar-refractivity contribution in [2.24, 2.45) is 18.7 Å². The Bertz CT molecular complexity index is 679. The van der Waals surface area contributed by atoms with E-state index in [0.717, 1.165) is 18.7 Å². The Labute approximate surface area is 135 Å². The van der Waals surface area contributed by atoms with Crippen LogP contribution in [0.15, 0.2) is 36.7 Å². The molecule has 23 heavy (non-hydrogen) atoms. The maximum absolute atomic E-state index is 12.6. The van der Waals surface area contributed by atoms with Crippen LogP contribution in [0.2, 0.25) is 0 Å². The zero-order valence-corrected chi connectivity index (χ0v) is 13.2. The van der Waals surface area contributed by atoms with E-state index in [-0.39, 0.29) is 11.9 Å². The lowest BCUT2D eigenvalue weighted by molar-refractivity contribution is 0.0928. The fourth-order valence-electron chi connectivity index (χ4n) is 2.63. The number of hydrogen-bond acceptors (Lipinski definition) is 4. The Morgan fingerprint density at radius 2 is 2.35 bits per heavy atom. The molecule has 0 radical (unpaired) electrons. The quantitative estimate of drug-likeness (QED) is 0.814. The van der Waals surface area contributed by atoms with Gasteiger partial charge in [0.2, 0.25) is 0 Å². The molecule has 1 aliphatic rings. The Kier molecular flexibility index (Phi) is 4.62.